The molecule has 0 atom stereocenters. The smallest absolute Gasteiger partial charge is 0.378 e. The van der Waals surface area contributed by atoms with Gasteiger partial charge in [0.15, 0.2) is 7.85 Å². The molecule has 0 aliphatic carbocycles. The Morgan fingerprint density at radius 3 is 2.40 bits per heavy atom. The normalized spacial score (nSPS) is 12.1. The van der Waals surface area contributed by atoms with Crippen LogP contribution in [0, 0.1) is 0 Å². The fourth-order valence-corrected chi connectivity index (χ4v) is 0.222. The maximum Gasteiger partial charge on any atom is 0.378 e. The highest BCUT2D eigenvalue weighted by Gasteiger charge is 2.10. The minimum Gasteiger partial charge on any atom is -0.520 e. The van der Waals surface area contributed by atoms with Crippen LogP contribution in [0.15, 0.2) is 11.4 Å². The number of ether oxygens (including phenoxy) is 1. The molecule has 54 valence electrons. The third kappa shape index (κ3) is 2.39. The van der Waals surface area contributed by atoms with E-state index in [1.54, 1.807) is 0 Å². The zero-order valence-corrected chi connectivity index (χ0v) is 4.87. The number of aliphatic hydroxyl groups is 2. The van der Waals surface area contributed by atoms with Crippen molar-refractivity contribution < 1.29 is 24.1 Å². The first-order chi connectivity index (χ1) is 4.59. The van der Waals surface area contributed by atoms with Gasteiger partial charge in [-0.1, -0.05) is 0 Å². The van der Waals surface area contributed by atoms with Crippen molar-refractivity contribution in [3.63, 3.8) is 0 Å². The summed E-state index contributed by atoms with van der Waals surface area (Å²) < 4.78 is 14.8. The Bertz CT molecular complexity index is 163. The van der Waals surface area contributed by atoms with Gasteiger partial charge >= 0.3 is 5.97 Å². The van der Waals surface area contributed by atoms with Gasteiger partial charge < -0.3 is 14.9 Å². The van der Waals surface area contributed by atoms with Crippen LogP contribution in [0.1, 0.15) is 0 Å². The van der Waals surface area contributed by atoms with Gasteiger partial charge in [0.2, 0.25) is 12.6 Å². The van der Waals surface area contributed by atoms with Gasteiger partial charge in [-0.25, -0.2) is 9.18 Å². The zero-order valence-electron chi connectivity index (χ0n) is 4.87. The van der Waals surface area contributed by atoms with Crippen LogP contribution in [0.25, 0.3) is 0 Å². The molecule has 0 saturated heterocycles. The highest BCUT2D eigenvalue weighted by atomic mass is 19.1. The number of carbonyl (C=O) groups excluding carboxylic acids is 1. The Morgan fingerprint density at radius 2 is 2.10 bits per heavy atom. The predicted molar refractivity (Wildman–Crippen MR) is 30.1 cm³/mol. The topological polar surface area (TPSA) is 66.8 Å². The average Bonchev–Trinajstić information content (AvgIpc) is 1.87. The first-order valence-electron chi connectivity index (χ1n) is 2.20. The fraction of sp³-hybridized carbons (Fsp3) is 0.250. The maximum absolute atomic E-state index is 11.2. The monoisotopic (exact) mass is 146 g/mol. The molecule has 0 fully saturated rings. The number of carbonyl (C=O) groups is 1. The predicted octanol–water partition coefficient (Wildman–Crippen LogP) is -0.0898. The number of esters is 1. The number of halogens is 1. The number of hydrogen-bond acceptors (Lipinski definition) is 4. The maximum atomic E-state index is 11.2. The molecule has 0 amide bonds. The van der Waals surface area contributed by atoms with Crippen LogP contribution in [0.5, 0.6) is 0 Å². The first kappa shape index (κ1) is 8.80. The molecule has 0 bridgehead atoms. The molecule has 0 aromatic carbocycles. The van der Waals surface area contributed by atoms with E-state index < -0.39 is 24.2 Å². The molecule has 0 heterocycles. The number of alkyl halides is 1. The van der Waals surface area contributed by atoms with Crippen LogP contribution in [-0.4, -0.2) is 30.9 Å². The second kappa shape index (κ2) is 3.76. The summed E-state index contributed by atoms with van der Waals surface area (Å²) in [6.07, 6.45) is 0. The second-order valence-electron chi connectivity index (χ2n) is 1.27. The number of rotatable bonds is 2. The van der Waals surface area contributed by atoms with E-state index in [-0.39, 0.29) is 0 Å². The van der Waals surface area contributed by atoms with E-state index in [9.17, 15) is 9.18 Å². The summed E-state index contributed by atoms with van der Waals surface area (Å²) in [6, 6.07) is 0. The van der Waals surface area contributed by atoms with Gasteiger partial charge in [-0.05, 0) is 0 Å². The minimum atomic E-state index is -1.40. The quantitative estimate of drug-likeness (QED) is 0.247. The van der Waals surface area contributed by atoms with Crippen molar-refractivity contribution in [1.29, 1.82) is 0 Å². The standard InChI is InChI=1S/C4H4BFO4/c5-3(8)2(7)4(9)10-1-6/h7-8H,1H2/b3-2-. The number of hydrogen-bond donors (Lipinski definition) is 2. The Kier molecular flexibility index (Phi) is 3.31. The molecule has 6 heteroatoms. The molecule has 0 saturated carbocycles. The molecule has 2 N–H and O–H groups in total. The lowest BCUT2D eigenvalue weighted by atomic mass is 10.1. The van der Waals surface area contributed by atoms with Crippen LogP contribution in [0.2, 0.25) is 0 Å². The molecule has 4 nitrogen and oxygen atoms in total. The lowest BCUT2D eigenvalue weighted by molar-refractivity contribution is -0.146. The van der Waals surface area contributed by atoms with Crippen molar-refractivity contribution in [3.05, 3.63) is 11.4 Å². The summed E-state index contributed by atoms with van der Waals surface area (Å²) >= 11 is 0. The molecule has 0 aromatic rings. The Hall–Kier alpha value is -1.20. The van der Waals surface area contributed by atoms with Gasteiger partial charge in [0.05, 0.1) is 5.66 Å². The molecular formula is C4H4BFO4. The molecule has 0 spiro atoms. The van der Waals surface area contributed by atoms with Gasteiger partial charge in [0, 0.05) is 0 Å². The summed E-state index contributed by atoms with van der Waals surface area (Å²) in [4.78, 5) is 10.2. The third-order valence-electron chi connectivity index (χ3n) is 0.622. The largest absolute Gasteiger partial charge is 0.520 e. The van der Waals surface area contributed by atoms with Crippen molar-refractivity contribution in [2.45, 2.75) is 0 Å². The van der Waals surface area contributed by atoms with E-state index in [1.807, 2.05) is 0 Å². The first-order valence-corrected chi connectivity index (χ1v) is 2.20. The molecular weight excluding hydrogens is 142 g/mol. The Labute approximate surface area is 57.3 Å². The van der Waals surface area contributed by atoms with Crippen molar-refractivity contribution >= 4 is 13.8 Å². The van der Waals surface area contributed by atoms with Gasteiger partial charge in [-0.3, -0.25) is 0 Å². The summed E-state index contributed by atoms with van der Waals surface area (Å²) in [5.41, 5.74) is -1.10. The van der Waals surface area contributed by atoms with Crippen LogP contribution >= 0.6 is 0 Å². The van der Waals surface area contributed by atoms with E-state index in [0.29, 0.717) is 0 Å². The molecule has 0 aromatic heterocycles. The molecule has 10 heavy (non-hydrogen) atoms. The van der Waals surface area contributed by atoms with Crippen LogP contribution in [0.3, 0.4) is 0 Å². The van der Waals surface area contributed by atoms with Gasteiger partial charge in [-0.2, -0.15) is 0 Å². The highest BCUT2D eigenvalue weighted by molar-refractivity contribution is 6.22. The molecule has 0 aliphatic rings. The third-order valence-corrected chi connectivity index (χ3v) is 0.622. The van der Waals surface area contributed by atoms with Crippen LogP contribution in [0.4, 0.5) is 4.39 Å². The molecule has 0 rings (SSSR count). The SMILES string of the molecule is [B]/C(O)=C(/O)C(=O)OCF. The highest BCUT2D eigenvalue weighted by Crippen LogP contribution is 1.95. The van der Waals surface area contributed by atoms with E-state index in [4.69, 9.17) is 10.2 Å². The number of aliphatic hydroxyl groups excluding tert-OH is 2. The zero-order chi connectivity index (χ0) is 8.15. The second-order valence-corrected chi connectivity index (χ2v) is 1.27. The van der Waals surface area contributed by atoms with Crippen molar-refractivity contribution in [2.75, 3.05) is 6.86 Å². The van der Waals surface area contributed by atoms with E-state index >= 15 is 0 Å². The van der Waals surface area contributed by atoms with Crippen LogP contribution < -0.4 is 0 Å². The van der Waals surface area contributed by atoms with Crippen molar-refractivity contribution in [1.82, 2.24) is 0 Å². The van der Waals surface area contributed by atoms with Crippen molar-refractivity contribution in [3.8, 4) is 0 Å². The summed E-state index contributed by atoms with van der Waals surface area (Å²) in [5, 5.41) is 16.6. The minimum absolute atomic E-state index is 1.10. The van der Waals surface area contributed by atoms with Gasteiger partial charge in [0.1, 0.15) is 0 Å². The Balaban J connectivity index is 4.09. The lowest BCUT2D eigenvalue weighted by Gasteiger charge is -1.98. The molecule has 2 radical (unpaired) electrons. The van der Waals surface area contributed by atoms with Crippen molar-refractivity contribution in [2.24, 2.45) is 0 Å². The summed E-state index contributed by atoms with van der Waals surface area (Å²) in [7, 11) is 4.53. The van der Waals surface area contributed by atoms with Gasteiger partial charge in [-0.15, -0.1) is 0 Å². The summed E-state index contributed by atoms with van der Waals surface area (Å²) in [5.74, 6) is -2.60. The van der Waals surface area contributed by atoms with E-state index in [1.165, 1.54) is 0 Å². The average molecular weight is 146 g/mol. The fourth-order valence-electron chi connectivity index (χ4n) is 0.222. The van der Waals surface area contributed by atoms with Gasteiger partial charge in [0.25, 0.3) is 0 Å². The molecule has 0 aliphatic heterocycles. The lowest BCUT2D eigenvalue weighted by Crippen LogP contribution is -2.09. The summed E-state index contributed by atoms with van der Waals surface area (Å²) in [6.45, 7) is -1.38. The molecule has 0 unspecified atom stereocenters. The Morgan fingerprint density at radius 1 is 1.60 bits per heavy atom. The van der Waals surface area contributed by atoms with E-state index in [2.05, 4.69) is 12.6 Å². The van der Waals surface area contributed by atoms with Crippen LogP contribution in [-0.2, 0) is 9.53 Å². The van der Waals surface area contributed by atoms with E-state index in [0.717, 1.165) is 0 Å².